The molecular formula is C23H31FN4O2. The lowest BCUT2D eigenvalue weighted by molar-refractivity contribution is 0.0742. The van der Waals surface area contributed by atoms with Crippen molar-refractivity contribution in [3.05, 3.63) is 53.6 Å². The van der Waals surface area contributed by atoms with Crippen molar-refractivity contribution >= 4 is 11.6 Å². The van der Waals surface area contributed by atoms with E-state index in [1.165, 1.54) is 12.1 Å². The minimum absolute atomic E-state index is 0.0371. The van der Waals surface area contributed by atoms with E-state index < -0.39 is 6.10 Å². The largest absolute Gasteiger partial charge is 0.387 e. The minimum atomic E-state index is -0.577. The highest BCUT2D eigenvalue weighted by Crippen LogP contribution is 2.27. The summed E-state index contributed by atoms with van der Waals surface area (Å²) in [5.41, 5.74) is 2.46. The molecule has 1 aromatic heterocycles. The second kappa shape index (κ2) is 9.18. The molecular weight excluding hydrogens is 383 g/mol. The zero-order chi connectivity index (χ0) is 21.1. The molecule has 1 unspecified atom stereocenters. The quantitative estimate of drug-likeness (QED) is 0.739. The van der Waals surface area contributed by atoms with Gasteiger partial charge in [0.15, 0.2) is 0 Å². The maximum absolute atomic E-state index is 13.1. The molecule has 1 N–H and O–H groups in total. The number of rotatable bonds is 6. The van der Waals surface area contributed by atoms with Crippen LogP contribution in [0.1, 0.15) is 41.4 Å². The van der Waals surface area contributed by atoms with Gasteiger partial charge in [-0.2, -0.15) is 0 Å². The summed E-state index contributed by atoms with van der Waals surface area (Å²) in [6.07, 6.45) is 3.86. The predicted molar refractivity (Wildman–Crippen MR) is 115 cm³/mol. The summed E-state index contributed by atoms with van der Waals surface area (Å²) in [6, 6.07) is 8.54. The van der Waals surface area contributed by atoms with Crippen LogP contribution in [0.2, 0.25) is 0 Å². The lowest BCUT2D eigenvalue weighted by atomic mass is 10.1. The van der Waals surface area contributed by atoms with Gasteiger partial charge in [0.2, 0.25) is 0 Å². The first kappa shape index (κ1) is 20.9. The van der Waals surface area contributed by atoms with Crippen molar-refractivity contribution in [1.29, 1.82) is 0 Å². The van der Waals surface area contributed by atoms with Crippen molar-refractivity contribution in [1.82, 2.24) is 14.4 Å². The van der Waals surface area contributed by atoms with Crippen LogP contribution in [0.3, 0.4) is 0 Å². The molecule has 7 heteroatoms. The van der Waals surface area contributed by atoms with E-state index in [-0.39, 0.29) is 11.7 Å². The zero-order valence-corrected chi connectivity index (χ0v) is 17.6. The van der Waals surface area contributed by atoms with Gasteiger partial charge in [0.1, 0.15) is 5.82 Å². The van der Waals surface area contributed by atoms with Crippen LogP contribution < -0.4 is 4.90 Å². The Morgan fingerprint density at radius 3 is 2.43 bits per heavy atom. The van der Waals surface area contributed by atoms with E-state index in [1.807, 2.05) is 40.9 Å². The summed E-state index contributed by atoms with van der Waals surface area (Å²) in [5.74, 6) is -0.159. The van der Waals surface area contributed by atoms with Crippen LogP contribution in [0, 0.1) is 5.82 Å². The molecule has 1 amide bonds. The van der Waals surface area contributed by atoms with Gasteiger partial charge in [-0.1, -0.05) is 0 Å². The van der Waals surface area contributed by atoms with Gasteiger partial charge in [-0.25, -0.2) is 4.39 Å². The number of carbonyl (C=O) groups is 1. The van der Waals surface area contributed by atoms with E-state index in [1.54, 1.807) is 0 Å². The minimum Gasteiger partial charge on any atom is -0.387 e. The molecule has 0 aliphatic carbocycles. The average Bonchev–Trinajstić information content (AvgIpc) is 3.09. The van der Waals surface area contributed by atoms with E-state index in [0.717, 1.165) is 63.5 Å². The molecule has 1 atom stereocenters. The Morgan fingerprint density at radius 1 is 1.00 bits per heavy atom. The summed E-state index contributed by atoms with van der Waals surface area (Å²) in [6.45, 7) is 6.26. The second-order valence-electron chi connectivity index (χ2n) is 8.33. The molecule has 1 aromatic carbocycles. The molecule has 30 heavy (non-hydrogen) atoms. The molecule has 0 bridgehead atoms. The first-order valence-corrected chi connectivity index (χ1v) is 10.9. The maximum atomic E-state index is 13.1. The zero-order valence-electron chi connectivity index (χ0n) is 17.6. The number of aliphatic hydroxyl groups excluding tert-OH is 1. The number of benzene rings is 1. The Hall–Kier alpha value is -2.38. The molecule has 2 aromatic rings. The van der Waals surface area contributed by atoms with Crippen LogP contribution in [0.4, 0.5) is 10.1 Å². The molecule has 3 heterocycles. The molecule has 0 radical (unpaired) electrons. The van der Waals surface area contributed by atoms with E-state index >= 15 is 0 Å². The van der Waals surface area contributed by atoms with E-state index in [0.29, 0.717) is 18.5 Å². The second-order valence-corrected chi connectivity index (χ2v) is 8.33. The maximum Gasteiger partial charge on any atom is 0.255 e. The highest BCUT2D eigenvalue weighted by molar-refractivity contribution is 5.96. The number of nitrogens with zero attached hydrogens (tertiary/aromatic N) is 4. The molecule has 6 nitrogen and oxygen atoms in total. The van der Waals surface area contributed by atoms with E-state index in [9.17, 15) is 14.3 Å². The smallest absolute Gasteiger partial charge is 0.255 e. The molecule has 0 saturated carbocycles. The summed E-state index contributed by atoms with van der Waals surface area (Å²) in [5, 5.41) is 10.4. The van der Waals surface area contributed by atoms with Crippen LogP contribution in [0.5, 0.6) is 0 Å². The van der Waals surface area contributed by atoms with Crippen molar-refractivity contribution in [2.45, 2.75) is 25.4 Å². The molecule has 2 aliphatic rings. The first-order chi connectivity index (χ1) is 14.5. The summed E-state index contributed by atoms with van der Waals surface area (Å²) in [7, 11) is 1.88. The van der Waals surface area contributed by atoms with Gasteiger partial charge in [0.25, 0.3) is 5.91 Å². The van der Waals surface area contributed by atoms with Crippen molar-refractivity contribution in [3.63, 3.8) is 0 Å². The van der Waals surface area contributed by atoms with Crippen LogP contribution in [-0.2, 0) is 7.05 Å². The predicted octanol–water partition coefficient (Wildman–Crippen LogP) is 2.65. The number of unbranched alkanes of at least 4 members (excludes halogenated alkanes) is 1. The Morgan fingerprint density at radius 2 is 1.70 bits per heavy atom. The summed E-state index contributed by atoms with van der Waals surface area (Å²) < 4.78 is 15.0. The lowest BCUT2D eigenvalue weighted by Crippen LogP contribution is -2.46. The molecule has 1 saturated heterocycles. The molecule has 0 spiro atoms. The normalized spacial score (nSPS) is 20.4. The fourth-order valence-electron chi connectivity index (χ4n) is 4.56. The average molecular weight is 415 g/mol. The van der Waals surface area contributed by atoms with E-state index in [4.69, 9.17) is 0 Å². The Bertz CT molecular complexity index is 859. The number of aryl methyl sites for hydroxylation is 1. The molecule has 162 valence electrons. The van der Waals surface area contributed by atoms with Crippen molar-refractivity contribution < 1.29 is 14.3 Å². The monoisotopic (exact) mass is 414 g/mol. The van der Waals surface area contributed by atoms with Gasteiger partial charge in [0.05, 0.1) is 17.4 Å². The topological polar surface area (TPSA) is 52.0 Å². The number of amides is 1. The Balaban J connectivity index is 1.20. The van der Waals surface area contributed by atoms with Crippen LogP contribution in [0.25, 0.3) is 0 Å². The number of anilines is 1. The summed E-state index contributed by atoms with van der Waals surface area (Å²) >= 11 is 0. The van der Waals surface area contributed by atoms with Gasteiger partial charge in [-0.15, -0.1) is 0 Å². The Kier molecular flexibility index (Phi) is 6.39. The van der Waals surface area contributed by atoms with Crippen molar-refractivity contribution in [3.8, 4) is 0 Å². The fraction of sp³-hybridized carbons (Fsp3) is 0.522. The van der Waals surface area contributed by atoms with Crippen molar-refractivity contribution in [2.24, 2.45) is 7.05 Å². The lowest BCUT2D eigenvalue weighted by Gasteiger charge is -2.36. The number of aromatic nitrogens is 1. The van der Waals surface area contributed by atoms with Crippen LogP contribution >= 0.6 is 0 Å². The first-order valence-electron chi connectivity index (χ1n) is 10.9. The van der Waals surface area contributed by atoms with Gasteiger partial charge >= 0.3 is 0 Å². The van der Waals surface area contributed by atoms with Gasteiger partial charge in [-0.05, 0) is 56.1 Å². The number of aliphatic hydroxyl groups is 1. The van der Waals surface area contributed by atoms with Crippen LogP contribution in [-0.4, -0.2) is 71.2 Å². The fourth-order valence-corrected chi connectivity index (χ4v) is 4.56. The number of hydrogen-bond donors (Lipinski definition) is 1. The standard InChI is InChI=1S/C23H31FN4O2/c1-25-12-8-20-22(25)21(29)9-13-28(23(20)30)11-3-2-10-26-14-16-27(17-15-26)19-6-4-18(24)5-7-19/h4-8,12,21,29H,2-3,9-11,13-17H2,1H3. The van der Waals surface area contributed by atoms with Gasteiger partial charge < -0.3 is 19.5 Å². The summed E-state index contributed by atoms with van der Waals surface area (Å²) in [4.78, 5) is 19.5. The number of fused-ring (bicyclic) bond motifs is 1. The van der Waals surface area contributed by atoms with Crippen molar-refractivity contribution in [2.75, 3.05) is 50.7 Å². The van der Waals surface area contributed by atoms with Gasteiger partial charge in [-0.3, -0.25) is 9.69 Å². The molecule has 4 rings (SSSR count). The van der Waals surface area contributed by atoms with E-state index in [2.05, 4.69) is 9.80 Å². The number of carbonyl (C=O) groups excluding carboxylic acids is 1. The molecule has 1 fully saturated rings. The molecule has 2 aliphatic heterocycles. The third-order valence-electron chi connectivity index (χ3n) is 6.34. The number of hydrogen-bond acceptors (Lipinski definition) is 4. The number of halogens is 1. The number of piperazine rings is 1. The third-order valence-corrected chi connectivity index (χ3v) is 6.34. The van der Waals surface area contributed by atoms with Gasteiger partial charge in [0, 0.05) is 58.2 Å². The Labute approximate surface area is 177 Å². The SMILES string of the molecule is Cn1ccc2c1C(O)CCN(CCCCN1CCN(c3ccc(F)cc3)CC1)C2=O. The highest BCUT2D eigenvalue weighted by atomic mass is 19.1. The third kappa shape index (κ3) is 4.52. The highest BCUT2D eigenvalue weighted by Gasteiger charge is 2.29. The van der Waals surface area contributed by atoms with Crippen LogP contribution in [0.15, 0.2) is 36.5 Å².